The fourth-order valence-electron chi connectivity index (χ4n) is 7.48. The van der Waals surface area contributed by atoms with Crippen LogP contribution in [0.15, 0.2) is 170 Å². The minimum absolute atomic E-state index is 0.0550. The van der Waals surface area contributed by atoms with Gasteiger partial charge in [0.05, 0.1) is 13.9 Å². The molecule has 0 radical (unpaired) electrons. The standard InChI is InChI=1S/C42H39NSSi5/c44-46-48-49-47-45-40-24-12-22-34-33(21-11-23-35(34)40)29-25-27-30(28-26-29)41-36-17-7-9-19-38(36)42(39-20-10-8-18-37(39)41)43(31-13-3-1-4-14-31)32-15-5-2-6-16-32/h1-28,44H,45-49H2. The van der Waals surface area contributed by atoms with Gasteiger partial charge in [0, 0.05) is 39.7 Å². The van der Waals surface area contributed by atoms with Crippen molar-refractivity contribution in [2.45, 2.75) is 0 Å². The molecule has 7 heteroatoms. The van der Waals surface area contributed by atoms with E-state index in [1.165, 1.54) is 60.3 Å². The number of rotatable bonds is 10. The van der Waals surface area contributed by atoms with Crippen LogP contribution in [0, 0.1) is 0 Å². The summed E-state index contributed by atoms with van der Waals surface area (Å²) < 4.78 is 0. The zero-order valence-electron chi connectivity index (χ0n) is 27.6. The molecular weight excluding hydrogens is 691 g/mol. The lowest BCUT2D eigenvalue weighted by Gasteiger charge is -2.29. The van der Waals surface area contributed by atoms with Crippen LogP contribution in [0.3, 0.4) is 0 Å². The first-order chi connectivity index (χ1) is 24.3. The van der Waals surface area contributed by atoms with E-state index in [1.54, 1.807) is 5.19 Å². The van der Waals surface area contributed by atoms with Crippen LogP contribution in [0.4, 0.5) is 17.1 Å². The van der Waals surface area contributed by atoms with E-state index in [1.807, 2.05) is 0 Å². The van der Waals surface area contributed by atoms with Gasteiger partial charge in [0.1, 0.15) is 0 Å². The number of nitrogens with zero attached hydrogens (tertiary/aromatic N) is 1. The maximum Gasteiger partial charge on any atom is 0.0641 e. The predicted octanol–water partition coefficient (Wildman–Crippen LogP) is 6.92. The minimum Gasteiger partial charge on any atom is -0.309 e. The first kappa shape index (κ1) is 32.0. The molecule has 0 unspecified atom stereocenters. The van der Waals surface area contributed by atoms with Crippen LogP contribution in [0.25, 0.3) is 54.6 Å². The van der Waals surface area contributed by atoms with Gasteiger partial charge in [-0.15, -0.1) is 0 Å². The second kappa shape index (κ2) is 14.7. The predicted molar refractivity (Wildman–Crippen MR) is 236 cm³/mol. The summed E-state index contributed by atoms with van der Waals surface area (Å²) in [6, 6.07) is 62.8. The first-order valence-corrected chi connectivity index (χ1v) is 36.6. The molecule has 238 valence electrons. The van der Waals surface area contributed by atoms with Crippen molar-refractivity contribution in [2.75, 3.05) is 4.90 Å². The van der Waals surface area contributed by atoms with Gasteiger partial charge in [-0.25, -0.2) is 12.1 Å². The van der Waals surface area contributed by atoms with Crippen molar-refractivity contribution in [3.63, 3.8) is 0 Å². The number of fused-ring (bicyclic) bond motifs is 3. The van der Waals surface area contributed by atoms with Crippen LogP contribution >= 0.6 is 12.1 Å². The molecule has 0 aliphatic rings. The number of hydrogen-bond donors (Lipinski definition) is 1. The molecule has 0 saturated heterocycles. The highest BCUT2D eigenvalue weighted by atomic mass is 32.3. The van der Waals surface area contributed by atoms with Crippen molar-refractivity contribution in [1.29, 1.82) is 0 Å². The van der Waals surface area contributed by atoms with Crippen LogP contribution in [0.5, 0.6) is 0 Å². The van der Waals surface area contributed by atoms with Gasteiger partial charge in [-0.3, -0.25) is 0 Å². The first-order valence-electron chi connectivity index (χ1n) is 17.4. The molecule has 0 aliphatic carbocycles. The number of hydrogen-bond acceptors (Lipinski definition) is 2. The summed E-state index contributed by atoms with van der Waals surface area (Å²) in [6.07, 6.45) is 0. The molecule has 0 saturated carbocycles. The van der Waals surface area contributed by atoms with E-state index in [2.05, 4.69) is 187 Å². The van der Waals surface area contributed by atoms with E-state index in [9.17, 15) is 0 Å². The molecule has 8 aromatic carbocycles. The molecule has 0 aromatic heterocycles. The Labute approximate surface area is 304 Å². The van der Waals surface area contributed by atoms with E-state index in [0.29, 0.717) is 17.1 Å². The molecule has 0 fully saturated rings. The number of para-hydroxylation sites is 2. The Morgan fingerprint density at radius 1 is 0.388 bits per heavy atom. The highest BCUT2D eigenvalue weighted by molar-refractivity contribution is 8.14. The molecule has 0 aliphatic heterocycles. The molecule has 1 nitrogen and oxygen atoms in total. The van der Waals surface area contributed by atoms with Crippen molar-refractivity contribution in [3.8, 4) is 22.3 Å². The molecule has 0 atom stereocenters. The van der Waals surface area contributed by atoms with E-state index >= 15 is 0 Å². The van der Waals surface area contributed by atoms with Gasteiger partial charge in [0.2, 0.25) is 0 Å². The van der Waals surface area contributed by atoms with Crippen LogP contribution < -0.4 is 10.1 Å². The Kier molecular flexibility index (Phi) is 9.61. The smallest absolute Gasteiger partial charge is 0.0641 e. The Bertz CT molecular complexity index is 2290. The second-order valence-corrected chi connectivity index (χ2v) is 48.9. The summed E-state index contributed by atoms with van der Waals surface area (Å²) in [6.45, 7) is 0. The quantitative estimate of drug-likeness (QED) is 0.0693. The van der Waals surface area contributed by atoms with Crippen LogP contribution in [-0.2, 0) is 0 Å². The highest BCUT2D eigenvalue weighted by Gasteiger charge is 2.22. The Morgan fingerprint density at radius 3 is 1.51 bits per heavy atom. The Balaban J connectivity index is 1.27. The van der Waals surface area contributed by atoms with Gasteiger partial charge in [0.15, 0.2) is 0 Å². The number of thiol groups is 1. The lowest BCUT2D eigenvalue weighted by molar-refractivity contribution is 1.31. The largest absolute Gasteiger partial charge is 0.309 e. The van der Waals surface area contributed by atoms with E-state index < -0.39 is 0 Å². The van der Waals surface area contributed by atoms with Crippen LogP contribution in [0.2, 0.25) is 0 Å². The zero-order chi connectivity index (χ0) is 33.0. The molecule has 49 heavy (non-hydrogen) atoms. The summed E-state index contributed by atoms with van der Waals surface area (Å²) in [4.78, 5) is 2.42. The summed E-state index contributed by atoms with van der Waals surface area (Å²) in [7, 11) is 1.03. The third kappa shape index (κ3) is 6.34. The zero-order valence-corrected chi connectivity index (χ0v) is 35.6. The average Bonchev–Trinajstić information content (AvgIpc) is 3.17. The van der Waals surface area contributed by atoms with Gasteiger partial charge in [0.25, 0.3) is 0 Å². The number of anilines is 3. The molecule has 8 aromatic rings. The lowest BCUT2D eigenvalue weighted by atomic mass is 9.89. The monoisotopic (exact) mass is 729 g/mol. The maximum absolute atomic E-state index is 4.67. The van der Waals surface area contributed by atoms with Crippen LogP contribution in [0.1, 0.15) is 0 Å². The fourth-order valence-corrected chi connectivity index (χ4v) is 94.5. The maximum atomic E-state index is 4.67. The highest BCUT2D eigenvalue weighted by Crippen LogP contribution is 2.48. The summed E-state index contributed by atoms with van der Waals surface area (Å²) in [5.41, 5.74) is 8.67. The van der Waals surface area contributed by atoms with Gasteiger partial charge in [-0.2, -0.15) is 0 Å². The molecule has 0 N–H and O–H groups in total. The Hall–Kier alpha value is -4.23. The van der Waals surface area contributed by atoms with Crippen molar-refractivity contribution in [3.05, 3.63) is 170 Å². The third-order valence-electron chi connectivity index (χ3n) is 9.76. The summed E-state index contributed by atoms with van der Waals surface area (Å²) >= 11 is 4.67. The van der Waals surface area contributed by atoms with Crippen molar-refractivity contribution >= 4 is 110 Å². The molecule has 8 rings (SSSR count). The van der Waals surface area contributed by atoms with Gasteiger partial charge in [-0.1, -0.05) is 151 Å². The average molecular weight is 730 g/mol. The number of benzene rings is 8. The normalized spacial score (nSPS) is 12.6. The minimum atomic E-state index is -0.0550. The molecular formula is C42H39NSSi5. The van der Waals surface area contributed by atoms with Gasteiger partial charge in [-0.05, 0) is 85.2 Å². The van der Waals surface area contributed by atoms with E-state index in [0.717, 1.165) is 11.4 Å². The van der Waals surface area contributed by atoms with Crippen LogP contribution in [-0.4, -0.2) is 42.9 Å². The van der Waals surface area contributed by atoms with E-state index in [-0.39, 0.29) is 25.8 Å². The molecule has 0 spiro atoms. The van der Waals surface area contributed by atoms with Crippen molar-refractivity contribution in [2.24, 2.45) is 0 Å². The van der Waals surface area contributed by atoms with Crippen molar-refractivity contribution < 1.29 is 0 Å². The molecule has 0 amide bonds. The summed E-state index contributed by atoms with van der Waals surface area (Å²) in [5, 5.41) is 9.64. The van der Waals surface area contributed by atoms with Gasteiger partial charge < -0.3 is 4.90 Å². The topological polar surface area (TPSA) is 3.24 Å². The fraction of sp³-hybridized carbons (Fsp3) is 0. The Morgan fingerprint density at radius 2 is 0.898 bits per heavy atom. The summed E-state index contributed by atoms with van der Waals surface area (Å²) in [5.74, 6) is 0. The van der Waals surface area contributed by atoms with Crippen molar-refractivity contribution in [1.82, 2.24) is 0 Å². The SMILES string of the molecule is S[SiH2][SiH2][SiH2][SiH2][SiH2]c1cccc2c(-c3ccc(-c4c5ccccc5c(N(c5ccccc5)c5ccccc5)c5ccccc45)cc3)cccc12. The van der Waals surface area contributed by atoms with E-state index in [4.69, 9.17) is 0 Å². The third-order valence-corrected chi connectivity index (χ3v) is 69.8. The molecule has 0 heterocycles. The lowest BCUT2D eigenvalue weighted by Crippen LogP contribution is -2.29. The van der Waals surface area contributed by atoms with Gasteiger partial charge >= 0.3 is 0 Å². The second-order valence-electron chi connectivity index (χ2n) is 12.8. The molecule has 0 bridgehead atoms.